The van der Waals surface area contributed by atoms with Gasteiger partial charge in [-0.25, -0.2) is 4.79 Å². The van der Waals surface area contributed by atoms with Crippen molar-refractivity contribution >= 4 is 30.0 Å². The van der Waals surface area contributed by atoms with Crippen LogP contribution in [0.25, 0.3) is 0 Å². The van der Waals surface area contributed by atoms with Gasteiger partial charge in [0.05, 0.1) is 12.8 Å². The first-order valence-corrected chi connectivity index (χ1v) is 12.6. The number of anilines is 1. The first-order chi connectivity index (χ1) is 16.9. The highest BCUT2D eigenvalue weighted by molar-refractivity contribution is 7.99. The molecule has 0 spiro atoms. The maximum absolute atomic E-state index is 12.5. The standard InChI is InChI=1S/C25H30N2O5S.C2H6/c1-18-9-10-23(19(2)15-18)33-24-8-6-5-7-21(24)26-11-13-27(14-12-26)25(29)31-16-22(32-17-28)20(3)30-4;1-2/h5-10,15,17H,11-14,16H2,1-4H3;1-2H3/b22-20-;. The van der Waals surface area contributed by atoms with Crippen LogP contribution in [0.2, 0.25) is 0 Å². The number of ether oxygens (including phenoxy) is 3. The van der Waals surface area contributed by atoms with E-state index < -0.39 is 6.09 Å². The molecule has 2 aromatic rings. The summed E-state index contributed by atoms with van der Waals surface area (Å²) >= 11 is 1.76. The Morgan fingerprint density at radius 2 is 1.71 bits per heavy atom. The zero-order valence-corrected chi connectivity index (χ0v) is 22.3. The number of nitrogens with zero attached hydrogens (tertiary/aromatic N) is 2. The first-order valence-electron chi connectivity index (χ1n) is 11.8. The Kier molecular flexibility index (Phi) is 11.5. The lowest BCUT2D eigenvalue weighted by Crippen LogP contribution is -2.49. The summed E-state index contributed by atoms with van der Waals surface area (Å²) < 4.78 is 15.2. The third-order valence-electron chi connectivity index (χ3n) is 5.51. The van der Waals surface area contributed by atoms with Crippen LogP contribution in [-0.2, 0) is 19.0 Å². The fourth-order valence-corrected chi connectivity index (χ4v) is 4.62. The summed E-state index contributed by atoms with van der Waals surface area (Å²) in [5.74, 6) is 0.564. The minimum Gasteiger partial charge on any atom is -0.498 e. The third-order valence-corrected chi connectivity index (χ3v) is 6.75. The van der Waals surface area contributed by atoms with E-state index in [-0.39, 0.29) is 18.8 Å². The average molecular weight is 501 g/mol. The quantitative estimate of drug-likeness (QED) is 0.336. The Morgan fingerprint density at radius 1 is 1.03 bits per heavy atom. The van der Waals surface area contributed by atoms with Crippen molar-refractivity contribution in [2.75, 3.05) is 44.8 Å². The van der Waals surface area contributed by atoms with E-state index in [1.54, 1.807) is 23.6 Å². The van der Waals surface area contributed by atoms with Crippen LogP contribution in [-0.4, -0.2) is 57.4 Å². The largest absolute Gasteiger partial charge is 0.498 e. The Bertz CT molecular complexity index is 1020. The minimum absolute atomic E-state index is 0.160. The molecule has 0 N–H and O–H groups in total. The number of benzene rings is 2. The van der Waals surface area contributed by atoms with E-state index in [4.69, 9.17) is 14.2 Å². The maximum atomic E-state index is 12.5. The summed E-state index contributed by atoms with van der Waals surface area (Å²) in [5.41, 5.74) is 3.68. The van der Waals surface area contributed by atoms with Gasteiger partial charge in [-0.3, -0.25) is 4.79 Å². The zero-order valence-electron chi connectivity index (χ0n) is 21.5. The number of rotatable bonds is 8. The average Bonchev–Trinajstić information content (AvgIpc) is 2.89. The smallest absolute Gasteiger partial charge is 0.410 e. The SMILES string of the molecule is CC.CO/C(C)=C(/COC(=O)N1CCN(c2ccccc2Sc2ccc(C)cc2C)CC1)OC=O. The number of aryl methyl sites for hydroxylation is 2. The van der Waals surface area contributed by atoms with Crippen LogP contribution in [0.15, 0.2) is 63.8 Å². The summed E-state index contributed by atoms with van der Waals surface area (Å²) in [4.78, 5) is 29.6. The van der Waals surface area contributed by atoms with Crippen molar-refractivity contribution < 1.29 is 23.8 Å². The summed E-state index contributed by atoms with van der Waals surface area (Å²) in [5, 5.41) is 0. The van der Waals surface area contributed by atoms with Crippen LogP contribution < -0.4 is 4.90 Å². The van der Waals surface area contributed by atoms with Gasteiger partial charge in [0, 0.05) is 36.0 Å². The lowest BCUT2D eigenvalue weighted by molar-refractivity contribution is -0.126. The zero-order chi connectivity index (χ0) is 25.8. The minimum atomic E-state index is -0.441. The topological polar surface area (TPSA) is 68.3 Å². The van der Waals surface area contributed by atoms with E-state index in [0.717, 1.165) is 5.69 Å². The second-order valence-corrected chi connectivity index (χ2v) is 8.85. The van der Waals surface area contributed by atoms with Crippen molar-refractivity contribution in [2.24, 2.45) is 0 Å². The number of piperazine rings is 1. The molecule has 8 heteroatoms. The van der Waals surface area contributed by atoms with Crippen LogP contribution in [0.5, 0.6) is 0 Å². The Morgan fingerprint density at radius 3 is 2.34 bits per heavy atom. The van der Waals surface area contributed by atoms with Crippen molar-refractivity contribution in [1.82, 2.24) is 4.90 Å². The van der Waals surface area contributed by atoms with Crippen LogP contribution in [0.3, 0.4) is 0 Å². The molecule has 0 aliphatic carbocycles. The third kappa shape index (κ3) is 7.96. The molecule has 1 saturated heterocycles. The lowest BCUT2D eigenvalue weighted by atomic mass is 10.2. The molecule has 7 nitrogen and oxygen atoms in total. The van der Waals surface area contributed by atoms with E-state index in [1.807, 2.05) is 19.9 Å². The predicted octanol–water partition coefficient (Wildman–Crippen LogP) is 5.79. The van der Waals surface area contributed by atoms with Gasteiger partial charge in [0.15, 0.2) is 12.4 Å². The number of carbonyl (C=O) groups excluding carboxylic acids is 2. The molecule has 0 atom stereocenters. The second kappa shape index (κ2) is 14.3. The molecule has 1 amide bonds. The summed E-state index contributed by atoms with van der Waals surface area (Å²) in [6, 6.07) is 14.9. The van der Waals surface area contributed by atoms with Crippen LogP contribution in [0.1, 0.15) is 31.9 Å². The van der Waals surface area contributed by atoms with Gasteiger partial charge in [-0.15, -0.1) is 0 Å². The van der Waals surface area contributed by atoms with Gasteiger partial charge in [-0.2, -0.15) is 0 Å². The highest BCUT2D eigenvalue weighted by Gasteiger charge is 2.24. The highest BCUT2D eigenvalue weighted by Crippen LogP contribution is 2.37. The molecule has 1 heterocycles. The van der Waals surface area contributed by atoms with Gasteiger partial charge in [-0.05, 0) is 44.5 Å². The van der Waals surface area contributed by atoms with Crippen molar-refractivity contribution in [2.45, 2.75) is 44.4 Å². The predicted molar refractivity (Wildman–Crippen MR) is 140 cm³/mol. The molecule has 0 radical (unpaired) electrons. The van der Waals surface area contributed by atoms with Crippen molar-refractivity contribution in [3.63, 3.8) is 0 Å². The number of allylic oxidation sites excluding steroid dienone is 1. The van der Waals surface area contributed by atoms with Crippen LogP contribution in [0, 0.1) is 13.8 Å². The molecular weight excluding hydrogens is 464 g/mol. The number of para-hydroxylation sites is 1. The molecule has 0 saturated carbocycles. The highest BCUT2D eigenvalue weighted by atomic mass is 32.2. The molecule has 0 bridgehead atoms. The second-order valence-electron chi connectivity index (χ2n) is 7.76. The van der Waals surface area contributed by atoms with E-state index >= 15 is 0 Å². The van der Waals surface area contributed by atoms with Crippen molar-refractivity contribution in [3.8, 4) is 0 Å². The van der Waals surface area contributed by atoms with E-state index in [1.165, 1.54) is 28.0 Å². The molecule has 190 valence electrons. The lowest BCUT2D eigenvalue weighted by Gasteiger charge is -2.36. The molecule has 0 aromatic heterocycles. The Hall–Kier alpha value is -3.13. The van der Waals surface area contributed by atoms with Gasteiger partial charge >= 0.3 is 6.09 Å². The number of methoxy groups -OCH3 is 1. The van der Waals surface area contributed by atoms with Gasteiger partial charge in [0.1, 0.15) is 5.76 Å². The van der Waals surface area contributed by atoms with E-state index in [2.05, 4.69) is 55.1 Å². The summed E-state index contributed by atoms with van der Waals surface area (Å²) in [7, 11) is 1.46. The molecule has 3 rings (SSSR count). The Labute approximate surface area is 213 Å². The first kappa shape index (κ1) is 28.1. The van der Waals surface area contributed by atoms with E-state index in [9.17, 15) is 9.59 Å². The molecule has 2 aromatic carbocycles. The number of hydrogen-bond donors (Lipinski definition) is 0. The molecule has 1 fully saturated rings. The van der Waals surface area contributed by atoms with Gasteiger partial charge in [0.2, 0.25) is 0 Å². The normalized spacial score (nSPS) is 13.8. The van der Waals surface area contributed by atoms with Crippen LogP contribution >= 0.6 is 11.8 Å². The Balaban J connectivity index is 0.00000210. The maximum Gasteiger partial charge on any atom is 0.410 e. The van der Waals surface area contributed by atoms with Gasteiger partial charge in [-0.1, -0.05) is 55.4 Å². The van der Waals surface area contributed by atoms with Crippen LogP contribution in [0.4, 0.5) is 10.5 Å². The monoisotopic (exact) mass is 500 g/mol. The molecule has 1 aliphatic heterocycles. The van der Waals surface area contributed by atoms with Crippen molar-refractivity contribution in [3.05, 3.63) is 65.1 Å². The van der Waals surface area contributed by atoms with Crippen molar-refractivity contribution in [1.29, 1.82) is 0 Å². The molecule has 35 heavy (non-hydrogen) atoms. The fourth-order valence-electron chi connectivity index (χ4n) is 3.58. The number of hydrogen-bond acceptors (Lipinski definition) is 7. The van der Waals surface area contributed by atoms with Gasteiger partial charge < -0.3 is 24.0 Å². The van der Waals surface area contributed by atoms with Gasteiger partial charge in [0.25, 0.3) is 6.47 Å². The molecular formula is C27H36N2O5S. The van der Waals surface area contributed by atoms with E-state index in [0.29, 0.717) is 31.9 Å². The fraction of sp³-hybridized carbons (Fsp3) is 0.407. The number of amides is 1. The summed E-state index contributed by atoms with van der Waals surface area (Å²) in [6.45, 7) is 12.5. The summed E-state index contributed by atoms with van der Waals surface area (Å²) in [6.07, 6.45) is -0.441. The number of carbonyl (C=O) groups is 2. The molecule has 1 aliphatic rings. The molecule has 0 unspecified atom stereocenters.